The molecule has 1 aromatic heterocycles. The Kier molecular flexibility index (Phi) is 3.55. The van der Waals surface area contributed by atoms with Gasteiger partial charge in [-0.2, -0.15) is 9.40 Å². The van der Waals surface area contributed by atoms with Gasteiger partial charge in [0.1, 0.15) is 11.6 Å². The Morgan fingerprint density at radius 2 is 2.00 bits per heavy atom. The van der Waals surface area contributed by atoms with Crippen LogP contribution in [0.2, 0.25) is 0 Å². The van der Waals surface area contributed by atoms with Gasteiger partial charge in [-0.25, -0.2) is 18.1 Å². The summed E-state index contributed by atoms with van der Waals surface area (Å²) < 4.78 is 34.6. The molecule has 4 rings (SSSR count). The minimum atomic E-state index is -3.24. The molecule has 1 unspecified atom stereocenters. The number of aromatic nitrogens is 3. The first-order chi connectivity index (χ1) is 10.9. The molecule has 1 aromatic rings. The van der Waals surface area contributed by atoms with Crippen LogP contribution in [0.25, 0.3) is 0 Å². The minimum Gasteiger partial charge on any atom is -0.371 e. The van der Waals surface area contributed by atoms with Gasteiger partial charge >= 0.3 is 0 Å². The van der Waals surface area contributed by atoms with Crippen LogP contribution >= 0.6 is 0 Å². The summed E-state index contributed by atoms with van der Waals surface area (Å²) >= 11 is 0. The maximum Gasteiger partial charge on any atom is 0.216 e. The first-order valence-corrected chi connectivity index (χ1v) is 10.0. The fraction of sp³-hybridized carbons (Fsp3) is 0.867. The summed E-state index contributed by atoms with van der Waals surface area (Å²) in [6.07, 6.45) is 5.17. The number of hydrogen-bond donors (Lipinski definition) is 0. The Labute approximate surface area is 137 Å². The molecule has 23 heavy (non-hydrogen) atoms. The van der Waals surface area contributed by atoms with E-state index in [9.17, 15) is 8.42 Å². The Morgan fingerprint density at radius 1 is 1.26 bits per heavy atom. The third-order valence-electron chi connectivity index (χ3n) is 5.48. The molecule has 3 aliphatic rings. The molecule has 0 aromatic carbocycles. The second-order valence-electron chi connectivity index (χ2n) is 7.22. The van der Waals surface area contributed by atoms with Crippen molar-refractivity contribution in [3.05, 3.63) is 11.6 Å². The quantitative estimate of drug-likeness (QED) is 0.823. The Bertz CT molecular complexity index is 704. The highest BCUT2D eigenvalue weighted by molar-refractivity contribution is 7.89. The van der Waals surface area contributed by atoms with Gasteiger partial charge in [0.25, 0.3) is 0 Å². The molecule has 3 fully saturated rings. The van der Waals surface area contributed by atoms with Crippen molar-refractivity contribution in [3.63, 3.8) is 0 Å². The van der Waals surface area contributed by atoms with E-state index in [0.29, 0.717) is 13.1 Å². The van der Waals surface area contributed by atoms with E-state index in [0.717, 1.165) is 37.3 Å². The number of nitrogens with zero attached hydrogens (tertiary/aromatic N) is 4. The molecule has 7 nitrogen and oxygen atoms in total. The highest BCUT2D eigenvalue weighted by Gasteiger charge is 2.47. The molecule has 3 heterocycles. The highest BCUT2D eigenvalue weighted by Crippen LogP contribution is 2.46. The molecule has 1 aliphatic carbocycles. The SMILES string of the molecule is Cc1nc(C)n(C2CN(S(=O)(=O)CC3CCC4(CCC4)O3)C2)n1. The first-order valence-electron chi connectivity index (χ1n) is 8.42. The van der Waals surface area contributed by atoms with Gasteiger partial charge in [0.2, 0.25) is 10.0 Å². The number of hydrogen-bond acceptors (Lipinski definition) is 5. The molecule has 0 radical (unpaired) electrons. The van der Waals surface area contributed by atoms with Crippen molar-refractivity contribution in [2.24, 2.45) is 0 Å². The van der Waals surface area contributed by atoms with Crippen molar-refractivity contribution in [1.82, 2.24) is 19.1 Å². The summed E-state index contributed by atoms with van der Waals surface area (Å²) in [6.45, 7) is 4.74. The van der Waals surface area contributed by atoms with Gasteiger partial charge in [0, 0.05) is 13.1 Å². The van der Waals surface area contributed by atoms with Crippen molar-refractivity contribution >= 4 is 10.0 Å². The molecular weight excluding hydrogens is 316 g/mol. The molecule has 1 atom stereocenters. The third kappa shape index (κ3) is 2.70. The molecule has 2 aliphatic heterocycles. The van der Waals surface area contributed by atoms with Gasteiger partial charge in [-0.15, -0.1) is 0 Å². The van der Waals surface area contributed by atoms with Crippen LogP contribution in [0, 0.1) is 13.8 Å². The van der Waals surface area contributed by atoms with E-state index >= 15 is 0 Å². The zero-order chi connectivity index (χ0) is 16.2. The summed E-state index contributed by atoms with van der Waals surface area (Å²) in [5.74, 6) is 1.70. The molecule has 1 spiro atoms. The van der Waals surface area contributed by atoms with Crippen molar-refractivity contribution in [1.29, 1.82) is 0 Å². The van der Waals surface area contributed by atoms with E-state index in [2.05, 4.69) is 10.1 Å². The van der Waals surface area contributed by atoms with Crippen LogP contribution in [-0.4, -0.2) is 58.0 Å². The zero-order valence-electron chi connectivity index (χ0n) is 13.7. The topological polar surface area (TPSA) is 77.3 Å². The third-order valence-corrected chi connectivity index (χ3v) is 7.35. The van der Waals surface area contributed by atoms with Gasteiger partial charge in [-0.05, 0) is 46.0 Å². The number of rotatable bonds is 4. The second-order valence-corrected chi connectivity index (χ2v) is 9.23. The summed E-state index contributed by atoms with van der Waals surface area (Å²) in [7, 11) is -3.24. The lowest BCUT2D eigenvalue weighted by atomic mass is 9.78. The van der Waals surface area contributed by atoms with E-state index < -0.39 is 10.0 Å². The highest BCUT2D eigenvalue weighted by atomic mass is 32.2. The van der Waals surface area contributed by atoms with E-state index in [4.69, 9.17) is 4.74 Å². The zero-order valence-corrected chi connectivity index (χ0v) is 14.5. The monoisotopic (exact) mass is 340 g/mol. The first kappa shape index (κ1) is 15.5. The van der Waals surface area contributed by atoms with Crippen LogP contribution in [0.4, 0.5) is 0 Å². The number of aryl methyl sites for hydroxylation is 2. The van der Waals surface area contributed by atoms with Crippen LogP contribution in [0.5, 0.6) is 0 Å². The lowest BCUT2D eigenvalue weighted by Gasteiger charge is -2.40. The van der Waals surface area contributed by atoms with Gasteiger partial charge < -0.3 is 4.74 Å². The van der Waals surface area contributed by atoms with Crippen LogP contribution in [-0.2, 0) is 14.8 Å². The molecular formula is C15H24N4O3S. The van der Waals surface area contributed by atoms with E-state index in [1.165, 1.54) is 6.42 Å². The van der Waals surface area contributed by atoms with Gasteiger partial charge in [0.05, 0.1) is 23.5 Å². The number of sulfonamides is 1. The standard InChI is InChI=1S/C15H24N4O3S/c1-11-16-12(2)19(17-11)13-8-18(9-13)23(20,21)10-14-4-7-15(22-14)5-3-6-15/h13-14H,3-10H2,1-2H3. The largest absolute Gasteiger partial charge is 0.371 e. The Hall–Kier alpha value is -0.990. The average molecular weight is 340 g/mol. The molecule has 2 saturated heterocycles. The predicted octanol–water partition coefficient (Wildman–Crippen LogP) is 1.18. The minimum absolute atomic E-state index is 0.0209. The molecule has 0 N–H and O–H groups in total. The van der Waals surface area contributed by atoms with Crippen molar-refractivity contribution < 1.29 is 13.2 Å². The lowest BCUT2D eigenvalue weighted by Crippen LogP contribution is -2.53. The normalized spacial score (nSPS) is 28.0. The maximum absolute atomic E-state index is 12.6. The summed E-state index contributed by atoms with van der Waals surface area (Å²) in [4.78, 5) is 4.28. The summed E-state index contributed by atoms with van der Waals surface area (Å²) in [5.41, 5.74) is 0.0209. The molecule has 8 heteroatoms. The lowest BCUT2D eigenvalue weighted by molar-refractivity contribution is -0.0845. The van der Waals surface area contributed by atoms with Crippen LogP contribution < -0.4 is 0 Å². The second kappa shape index (κ2) is 5.26. The van der Waals surface area contributed by atoms with Crippen LogP contribution in [0.1, 0.15) is 49.8 Å². The fourth-order valence-corrected chi connectivity index (χ4v) is 5.69. The maximum atomic E-state index is 12.6. The van der Waals surface area contributed by atoms with Crippen LogP contribution in [0.3, 0.4) is 0 Å². The average Bonchev–Trinajstić information content (AvgIpc) is 2.91. The Balaban J connectivity index is 1.35. The van der Waals surface area contributed by atoms with E-state index in [1.54, 1.807) is 4.31 Å². The fourth-order valence-electron chi connectivity index (χ4n) is 3.97. The van der Waals surface area contributed by atoms with Crippen molar-refractivity contribution in [2.45, 2.75) is 63.7 Å². The summed E-state index contributed by atoms with van der Waals surface area (Å²) in [6, 6.07) is 0.105. The van der Waals surface area contributed by atoms with Gasteiger partial charge in [-0.1, -0.05) is 0 Å². The van der Waals surface area contributed by atoms with Gasteiger partial charge in [-0.3, -0.25) is 0 Å². The Morgan fingerprint density at radius 3 is 2.52 bits per heavy atom. The molecule has 0 amide bonds. The number of ether oxygens (including phenoxy) is 1. The van der Waals surface area contributed by atoms with Crippen LogP contribution in [0.15, 0.2) is 0 Å². The smallest absolute Gasteiger partial charge is 0.216 e. The van der Waals surface area contributed by atoms with Gasteiger partial charge in [0.15, 0.2) is 0 Å². The predicted molar refractivity (Wildman–Crippen MR) is 84.6 cm³/mol. The molecule has 1 saturated carbocycles. The van der Waals surface area contributed by atoms with Crippen molar-refractivity contribution in [3.8, 4) is 0 Å². The van der Waals surface area contributed by atoms with E-state index in [-0.39, 0.29) is 23.5 Å². The van der Waals surface area contributed by atoms with Crippen molar-refractivity contribution in [2.75, 3.05) is 18.8 Å². The summed E-state index contributed by atoms with van der Waals surface area (Å²) in [5, 5.41) is 4.35. The van der Waals surface area contributed by atoms with E-state index in [1.807, 2.05) is 18.5 Å². The molecule has 0 bridgehead atoms. The molecule has 128 valence electrons.